The van der Waals surface area contributed by atoms with Crippen molar-refractivity contribution in [3.63, 3.8) is 0 Å². The van der Waals surface area contributed by atoms with E-state index in [1.54, 1.807) is 13.3 Å². The molecule has 3 aromatic heterocycles. The summed E-state index contributed by atoms with van der Waals surface area (Å²) < 4.78 is 8.99. The average Bonchev–Trinajstić information content (AvgIpc) is 3.20. The van der Waals surface area contributed by atoms with Crippen LogP contribution in [0.4, 0.5) is 10.8 Å². The Kier molecular flexibility index (Phi) is 6.19. The highest BCUT2D eigenvalue weighted by atomic mass is 79.9. The zero-order valence-electron chi connectivity index (χ0n) is 14.2. The fourth-order valence-electron chi connectivity index (χ4n) is 2.64. The molecule has 1 N–H and O–H groups in total. The van der Waals surface area contributed by atoms with Gasteiger partial charge < -0.3 is 10.1 Å². The molecule has 1 aromatic carbocycles. The molecule has 6 nitrogen and oxygen atoms in total. The number of halogens is 3. The average molecular weight is 576 g/mol. The predicted molar refractivity (Wildman–Crippen MR) is 121 cm³/mol. The fourth-order valence-corrected chi connectivity index (χ4v) is 4.68. The molecule has 0 amide bonds. The molecule has 0 bridgehead atoms. The normalized spacial score (nSPS) is 10.7. The van der Waals surface area contributed by atoms with E-state index in [1.807, 2.05) is 41.1 Å². The molecule has 140 valence electrons. The van der Waals surface area contributed by atoms with E-state index < -0.39 is 0 Å². The monoisotopic (exact) mass is 573 g/mol. The molecular weight excluding hydrogens is 562 g/mol. The second-order valence-electron chi connectivity index (χ2n) is 5.46. The van der Waals surface area contributed by atoms with Crippen LogP contribution < -0.4 is 10.1 Å². The van der Waals surface area contributed by atoms with Crippen LogP contribution in [0.2, 0.25) is 0 Å². The quantitative estimate of drug-likeness (QED) is 0.323. The van der Waals surface area contributed by atoms with Gasteiger partial charge in [-0.15, -0.1) is 28.3 Å². The van der Waals surface area contributed by atoms with Gasteiger partial charge in [0.2, 0.25) is 5.78 Å². The zero-order chi connectivity index (χ0) is 18.3. The number of hydrogen-bond donors (Lipinski definition) is 1. The number of aromatic nitrogens is 4. The maximum absolute atomic E-state index is 5.27. The van der Waals surface area contributed by atoms with Crippen LogP contribution in [0.1, 0.15) is 5.69 Å². The van der Waals surface area contributed by atoms with Crippen molar-refractivity contribution in [1.29, 1.82) is 0 Å². The standard InChI is InChI=1S/C17H13Br2N5OS.BrH/c1-9-15(24-5-3-4-20-16(24)21-9)13-8-26-17(22-13)23-14-11(18)6-10(25-2)7-12(14)19;/h3-8H,1-2H3,(H,22,23);1H. The summed E-state index contributed by atoms with van der Waals surface area (Å²) in [6, 6.07) is 5.69. The third-order valence-electron chi connectivity index (χ3n) is 3.81. The highest BCUT2D eigenvalue weighted by Gasteiger charge is 2.16. The van der Waals surface area contributed by atoms with E-state index in [4.69, 9.17) is 9.72 Å². The molecule has 3 heterocycles. The Labute approximate surface area is 187 Å². The molecule has 0 aliphatic rings. The van der Waals surface area contributed by atoms with Crippen LogP contribution in [0.15, 0.2) is 44.9 Å². The summed E-state index contributed by atoms with van der Waals surface area (Å²) in [6.45, 7) is 1.97. The lowest BCUT2D eigenvalue weighted by Crippen LogP contribution is -1.95. The van der Waals surface area contributed by atoms with Gasteiger partial charge in [-0.05, 0) is 57.0 Å². The van der Waals surface area contributed by atoms with Gasteiger partial charge in [0.15, 0.2) is 5.13 Å². The number of imidazole rings is 1. The van der Waals surface area contributed by atoms with Gasteiger partial charge in [0.05, 0.1) is 24.2 Å². The Morgan fingerprint density at radius 3 is 2.63 bits per heavy atom. The first-order valence-electron chi connectivity index (χ1n) is 7.62. The molecule has 0 spiro atoms. The maximum atomic E-state index is 5.27. The number of fused-ring (bicyclic) bond motifs is 1. The first-order chi connectivity index (χ1) is 12.6. The summed E-state index contributed by atoms with van der Waals surface area (Å²) in [5.74, 6) is 1.44. The second-order valence-corrected chi connectivity index (χ2v) is 8.03. The lowest BCUT2D eigenvalue weighted by Gasteiger charge is -2.10. The topological polar surface area (TPSA) is 64.3 Å². The summed E-state index contributed by atoms with van der Waals surface area (Å²) >= 11 is 8.67. The third-order valence-corrected chi connectivity index (χ3v) is 5.82. The molecule has 0 aliphatic heterocycles. The molecule has 4 rings (SSSR count). The summed E-state index contributed by atoms with van der Waals surface area (Å²) in [6.07, 6.45) is 3.68. The lowest BCUT2D eigenvalue weighted by atomic mass is 10.3. The van der Waals surface area contributed by atoms with Crippen LogP contribution in [0.25, 0.3) is 17.2 Å². The van der Waals surface area contributed by atoms with Crippen molar-refractivity contribution in [1.82, 2.24) is 19.4 Å². The lowest BCUT2D eigenvalue weighted by molar-refractivity contribution is 0.414. The van der Waals surface area contributed by atoms with Crippen molar-refractivity contribution in [3.8, 4) is 17.1 Å². The first kappa shape index (κ1) is 20.2. The van der Waals surface area contributed by atoms with E-state index in [-0.39, 0.29) is 17.0 Å². The van der Waals surface area contributed by atoms with E-state index in [1.165, 1.54) is 11.3 Å². The summed E-state index contributed by atoms with van der Waals surface area (Å²) in [5, 5.41) is 6.15. The van der Waals surface area contributed by atoms with Gasteiger partial charge in [0.25, 0.3) is 0 Å². The van der Waals surface area contributed by atoms with Crippen molar-refractivity contribution in [2.24, 2.45) is 0 Å². The van der Waals surface area contributed by atoms with E-state index >= 15 is 0 Å². The number of hydrogen-bond acceptors (Lipinski definition) is 6. The van der Waals surface area contributed by atoms with Gasteiger partial charge in [-0.2, -0.15) is 0 Å². The van der Waals surface area contributed by atoms with Crippen molar-refractivity contribution in [2.75, 3.05) is 12.4 Å². The predicted octanol–water partition coefficient (Wildman–Crippen LogP) is 6.02. The fraction of sp³-hybridized carbons (Fsp3) is 0.118. The van der Waals surface area contributed by atoms with Crippen LogP contribution in [-0.2, 0) is 0 Å². The van der Waals surface area contributed by atoms with Gasteiger partial charge in [-0.1, -0.05) is 0 Å². The number of benzene rings is 1. The highest BCUT2D eigenvalue weighted by Crippen LogP contribution is 2.38. The van der Waals surface area contributed by atoms with Gasteiger partial charge >= 0.3 is 0 Å². The molecule has 4 aromatic rings. The molecule has 0 unspecified atom stereocenters. The largest absolute Gasteiger partial charge is 0.497 e. The number of methoxy groups -OCH3 is 1. The van der Waals surface area contributed by atoms with E-state index in [9.17, 15) is 0 Å². The number of ether oxygens (including phenoxy) is 1. The van der Waals surface area contributed by atoms with Crippen molar-refractivity contribution in [3.05, 3.63) is 50.6 Å². The maximum Gasteiger partial charge on any atom is 0.234 e. The minimum Gasteiger partial charge on any atom is -0.497 e. The van der Waals surface area contributed by atoms with Crippen molar-refractivity contribution >= 4 is 76.8 Å². The SMILES string of the molecule is Br.COc1cc(Br)c(Nc2nc(-c3c(C)nc4ncccn34)cs2)c(Br)c1. The third kappa shape index (κ3) is 3.89. The smallest absolute Gasteiger partial charge is 0.234 e. The van der Waals surface area contributed by atoms with E-state index in [0.29, 0.717) is 5.78 Å². The van der Waals surface area contributed by atoms with Gasteiger partial charge in [-0.3, -0.25) is 4.40 Å². The van der Waals surface area contributed by atoms with Gasteiger partial charge in [0.1, 0.15) is 11.4 Å². The number of rotatable bonds is 4. The Morgan fingerprint density at radius 1 is 1.19 bits per heavy atom. The molecule has 0 atom stereocenters. The second kappa shape index (κ2) is 8.26. The van der Waals surface area contributed by atoms with Crippen LogP contribution in [-0.4, -0.2) is 26.5 Å². The number of thiazole rings is 1. The van der Waals surface area contributed by atoms with Gasteiger partial charge in [-0.25, -0.2) is 15.0 Å². The minimum atomic E-state index is 0. The number of nitrogens with zero attached hydrogens (tertiary/aromatic N) is 4. The molecule has 27 heavy (non-hydrogen) atoms. The number of nitrogens with one attached hydrogen (secondary N) is 1. The molecule has 10 heteroatoms. The van der Waals surface area contributed by atoms with Crippen LogP contribution in [0, 0.1) is 6.92 Å². The Morgan fingerprint density at radius 2 is 1.93 bits per heavy atom. The van der Waals surface area contributed by atoms with E-state index in [0.717, 1.165) is 42.6 Å². The van der Waals surface area contributed by atoms with Crippen molar-refractivity contribution in [2.45, 2.75) is 6.92 Å². The van der Waals surface area contributed by atoms with Crippen LogP contribution in [0.5, 0.6) is 5.75 Å². The minimum absolute atomic E-state index is 0. The Bertz CT molecular complexity index is 1090. The molecule has 0 aliphatic carbocycles. The summed E-state index contributed by atoms with van der Waals surface area (Å²) in [4.78, 5) is 13.5. The van der Waals surface area contributed by atoms with Gasteiger partial charge in [0, 0.05) is 26.7 Å². The zero-order valence-corrected chi connectivity index (χ0v) is 19.9. The Hall–Kier alpha value is -1.49. The van der Waals surface area contributed by atoms with Crippen LogP contribution in [0.3, 0.4) is 0 Å². The molecule has 0 radical (unpaired) electrons. The van der Waals surface area contributed by atoms with E-state index in [2.05, 4.69) is 47.1 Å². The molecule has 0 saturated carbocycles. The molecule has 0 saturated heterocycles. The van der Waals surface area contributed by atoms with Crippen molar-refractivity contribution < 1.29 is 4.74 Å². The number of anilines is 2. The summed E-state index contributed by atoms with van der Waals surface area (Å²) in [7, 11) is 1.64. The highest BCUT2D eigenvalue weighted by molar-refractivity contribution is 9.11. The summed E-state index contributed by atoms with van der Waals surface area (Å²) in [5.41, 5.74) is 3.59. The number of aryl methyl sites for hydroxylation is 1. The molecule has 0 fully saturated rings. The first-order valence-corrected chi connectivity index (χ1v) is 10.1. The van der Waals surface area contributed by atoms with Crippen LogP contribution >= 0.6 is 60.2 Å². The molecular formula is C17H14Br3N5OS. The Balaban J connectivity index is 0.00000210.